The lowest BCUT2D eigenvalue weighted by atomic mass is 10.1. The summed E-state index contributed by atoms with van der Waals surface area (Å²) in [5.41, 5.74) is -2.36. The summed E-state index contributed by atoms with van der Waals surface area (Å²) in [5.74, 6) is -3.24. The van der Waals surface area contributed by atoms with E-state index in [0.717, 1.165) is 0 Å². The minimum atomic E-state index is -5.00. The smallest absolute Gasteiger partial charge is 0.419 e. The van der Waals surface area contributed by atoms with Crippen molar-refractivity contribution in [2.45, 2.75) is 19.2 Å². The highest BCUT2D eigenvalue weighted by molar-refractivity contribution is 7.92. The standard InChI is InChI=1S/C11H13F4NO4S/c1-6(20-2)5-21(18,19)16-9-4-8(12)7(3-10(9)17)11(13,14)15/h3-4,6,16-17H,5H2,1-2H3. The maximum Gasteiger partial charge on any atom is 0.419 e. The summed E-state index contributed by atoms with van der Waals surface area (Å²) < 4.78 is 80.4. The number of sulfonamides is 1. The van der Waals surface area contributed by atoms with Crippen LogP contribution in [0, 0.1) is 5.82 Å². The van der Waals surface area contributed by atoms with E-state index in [-0.39, 0.29) is 12.1 Å². The topological polar surface area (TPSA) is 75.6 Å². The number of alkyl halides is 3. The lowest BCUT2D eigenvalue weighted by Gasteiger charge is -2.15. The predicted molar refractivity (Wildman–Crippen MR) is 66.9 cm³/mol. The van der Waals surface area contributed by atoms with E-state index in [1.165, 1.54) is 14.0 Å². The highest BCUT2D eigenvalue weighted by Gasteiger charge is 2.35. The second kappa shape index (κ2) is 6.06. The third-order valence-electron chi connectivity index (χ3n) is 2.51. The number of hydrogen-bond donors (Lipinski definition) is 2. The third kappa shape index (κ3) is 4.74. The summed E-state index contributed by atoms with van der Waals surface area (Å²) in [4.78, 5) is 0. The Bertz CT molecular complexity index is 615. The van der Waals surface area contributed by atoms with Crippen molar-refractivity contribution in [1.82, 2.24) is 0 Å². The van der Waals surface area contributed by atoms with Crippen LogP contribution in [0.15, 0.2) is 12.1 Å². The summed E-state index contributed by atoms with van der Waals surface area (Å²) >= 11 is 0. The molecule has 1 unspecified atom stereocenters. The molecule has 1 aromatic carbocycles. The molecule has 1 aromatic rings. The Labute approximate surface area is 118 Å². The summed E-state index contributed by atoms with van der Waals surface area (Å²) in [6.07, 6.45) is -5.69. The van der Waals surface area contributed by atoms with E-state index in [2.05, 4.69) is 0 Å². The van der Waals surface area contributed by atoms with Crippen molar-refractivity contribution >= 4 is 15.7 Å². The van der Waals surface area contributed by atoms with Gasteiger partial charge < -0.3 is 9.84 Å². The van der Waals surface area contributed by atoms with E-state index in [9.17, 15) is 31.1 Å². The van der Waals surface area contributed by atoms with Crippen LogP contribution in [0.5, 0.6) is 5.75 Å². The fourth-order valence-electron chi connectivity index (χ4n) is 1.45. The van der Waals surface area contributed by atoms with Gasteiger partial charge in [-0.2, -0.15) is 13.2 Å². The Morgan fingerprint density at radius 2 is 1.95 bits per heavy atom. The Hall–Kier alpha value is -1.55. The number of hydrogen-bond acceptors (Lipinski definition) is 4. The van der Waals surface area contributed by atoms with Crippen molar-refractivity contribution in [3.8, 4) is 5.75 Å². The summed E-state index contributed by atoms with van der Waals surface area (Å²) in [6, 6.07) is 0.389. The van der Waals surface area contributed by atoms with Crippen molar-refractivity contribution in [2.24, 2.45) is 0 Å². The first kappa shape index (κ1) is 17.5. The first-order valence-corrected chi connectivity index (χ1v) is 7.24. The summed E-state index contributed by atoms with van der Waals surface area (Å²) in [6.45, 7) is 1.45. The van der Waals surface area contributed by atoms with Gasteiger partial charge >= 0.3 is 6.18 Å². The van der Waals surface area contributed by atoms with Gasteiger partial charge in [0.1, 0.15) is 11.6 Å². The lowest BCUT2D eigenvalue weighted by molar-refractivity contribution is -0.140. The van der Waals surface area contributed by atoms with E-state index >= 15 is 0 Å². The molecule has 21 heavy (non-hydrogen) atoms. The molecular formula is C11H13F4NO4S. The van der Waals surface area contributed by atoms with Crippen molar-refractivity contribution in [3.05, 3.63) is 23.5 Å². The molecule has 0 aliphatic rings. The van der Waals surface area contributed by atoms with Gasteiger partial charge in [0, 0.05) is 13.2 Å². The Balaban J connectivity index is 3.09. The van der Waals surface area contributed by atoms with Crippen LogP contribution >= 0.6 is 0 Å². The number of anilines is 1. The molecule has 0 aliphatic carbocycles. The minimum absolute atomic E-state index is 0.118. The van der Waals surface area contributed by atoms with Gasteiger partial charge in [-0.25, -0.2) is 12.8 Å². The maximum atomic E-state index is 13.3. The van der Waals surface area contributed by atoms with Crippen molar-refractivity contribution in [2.75, 3.05) is 17.6 Å². The lowest BCUT2D eigenvalue weighted by Crippen LogP contribution is -2.25. The number of aromatic hydroxyl groups is 1. The zero-order valence-electron chi connectivity index (χ0n) is 11.0. The molecule has 0 aromatic heterocycles. The van der Waals surface area contributed by atoms with Crippen molar-refractivity contribution in [1.29, 1.82) is 0 Å². The van der Waals surface area contributed by atoms with E-state index in [1.54, 1.807) is 4.72 Å². The number of phenols is 1. The molecule has 10 heteroatoms. The number of benzene rings is 1. The first-order valence-electron chi connectivity index (χ1n) is 5.59. The highest BCUT2D eigenvalue weighted by atomic mass is 32.2. The molecular weight excluding hydrogens is 318 g/mol. The first-order chi connectivity index (χ1) is 9.46. The Morgan fingerprint density at radius 3 is 2.43 bits per heavy atom. The van der Waals surface area contributed by atoms with Gasteiger partial charge in [-0.05, 0) is 13.0 Å². The van der Waals surface area contributed by atoms with Gasteiger partial charge in [-0.1, -0.05) is 0 Å². The molecule has 0 amide bonds. The van der Waals surface area contributed by atoms with Crippen LogP contribution in [0.1, 0.15) is 12.5 Å². The zero-order valence-corrected chi connectivity index (χ0v) is 11.8. The van der Waals surface area contributed by atoms with E-state index < -0.39 is 50.9 Å². The normalized spacial score (nSPS) is 14.0. The van der Waals surface area contributed by atoms with Gasteiger partial charge in [0.05, 0.1) is 23.1 Å². The Kier molecular flexibility index (Phi) is 5.05. The van der Waals surface area contributed by atoms with E-state index in [4.69, 9.17) is 4.74 Å². The molecule has 0 saturated heterocycles. The van der Waals surface area contributed by atoms with Gasteiger partial charge in [-0.3, -0.25) is 4.72 Å². The van der Waals surface area contributed by atoms with Gasteiger partial charge in [0.25, 0.3) is 0 Å². The van der Waals surface area contributed by atoms with Crippen LogP contribution in [-0.4, -0.2) is 32.5 Å². The number of ether oxygens (including phenoxy) is 1. The number of nitrogens with one attached hydrogen (secondary N) is 1. The summed E-state index contributed by atoms with van der Waals surface area (Å²) in [7, 11) is -2.74. The average Bonchev–Trinajstić information content (AvgIpc) is 2.30. The van der Waals surface area contributed by atoms with Crippen LogP contribution in [-0.2, 0) is 20.9 Å². The molecule has 0 fully saturated rings. The summed E-state index contributed by atoms with van der Waals surface area (Å²) in [5, 5.41) is 9.41. The van der Waals surface area contributed by atoms with Crippen LogP contribution in [0.2, 0.25) is 0 Å². The zero-order chi connectivity index (χ0) is 16.4. The maximum absolute atomic E-state index is 13.3. The van der Waals surface area contributed by atoms with Crippen LogP contribution < -0.4 is 4.72 Å². The molecule has 1 atom stereocenters. The molecule has 0 saturated carbocycles. The quantitative estimate of drug-likeness (QED) is 0.641. The van der Waals surface area contributed by atoms with Gasteiger partial charge in [0.15, 0.2) is 0 Å². The molecule has 1 rings (SSSR count). The number of rotatable bonds is 5. The fraction of sp³-hybridized carbons (Fsp3) is 0.455. The molecule has 0 heterocycles. The predicted octanol–water partition coefficient (Wildman–Crippen LogP) is 2.33. The molecule has 120 valence electrons. The number of phenolic OH excluding ortho intramolecular Hbond substituents is 1. The van der Waals surface area contributed by atoms with Gasteiger partial charge in [0.2, 0.25) is 10.0 Å². The number of halogens is 4. The second-order valence-electron chi connectivity index (χ2n) is 4.28. The molecule has 5 nitrogen and oxygen atoms in total. The molecule has 0 spiro atoms. The monoisotopic (exact) mass is 331 g/mol. The molecule has 0 radical (unpaired) electrons. The van der Waals surface area contributed by atoms with Crippen molar-refractivity contribution in [3.63, 3.8) is 0 Å². The molecule has 0 bridgehead atoms. The second-order valence-corrected chi connectivity index (χ2v) is 6.04. The SMILES string of the molecule is COC(C)CS(=O)(=O)Nc1cc(F)c(C(F)(F)F)cc1O. The highest BCUT2D eigenvalue weighted by Crippen LogP contribution is 2.37. The fourth-order valence-corrected chi connectivity index (χ4v) is 2.78. The van der Waals surface area contributed by atoms with Gasteiger partial charge in [-0.15, -0.1) is 0 Å². The largest absolute Gasteiger partial charge is 0.506 e. The van der Waals surface area contributed by atoms with Crippen LogP contribution in [0.25, 0.3) is 0 Å². The van der Waals surface area contributed by atoms with Crippen LogP contribution in [0.4, 0.5) is 23.2 Å². The van der Waals surface area contributed by atoms with Crippen LogP contribution in [0.3, 0.4) is 0 Å². The minimum Gasteiger partial charge on any atom is -0.506 e. The molecule has 2 N–H and O–H groups in total. The number of methoxy groups -OCH3 is 1. The Morgan fingerprint density at radius 1 is 1.38 bits per heavy atom. The van der Waals surface area contributed by atoms with Crippen molar-refractivity contribution < 1.29 is 35.8 Å². The molecule has 0 aliphatic heterocycles. The van der Waals surface area contributed by atoms with E-state index in [1.807, 2.05) is 0 Å². The van der Waals surface area contributed by atoms with E-state index in [0.29, 0.717) is 0 Å². The third-order valence-corrected chi connectivity index (χ3v) is 3.95. The average molecular weight is 331 g/mol.